The Morgan fingerprint density at radius 3 is 2.43 bits per heavy atom. The minimum absolute atomic E-state index is 0.252. The molecule has 0 aliphatic carbocycles. The highest BCUT2D eigenvalue weighted by atomic mass is 15.3. The lowest BCUT2D eigenvalue weighted by atomic mass is 10.1. The van der Waals surface area contributed by atoms with E-state index in [2.05, 4.69) is 31.7 Å². The second kappa shape index (κ2) is 6.68. The van der Waals surface area contributed by atoms with Crippen molar-refractivity contribution in [3.63, 3.8) is 0 Å². The lowest BCUT2D eigenvalue weighted by Gasteiger charge is -2.37. The molecule has 2 aromatic rings. The van der Waals surface area contributed by atoms with Gasteiger partial charge in [-0.05, 0) is 18.6 Å². The molecule has 3 heterocycles. The first kappa shape index (κ1) is 15.3. The van der Waals surface area contributed by atoms with Crippen molar-refractivity contribution in [3.8, 4) is 0 Å². The van der Waals surface area contributed by atoms with Crippen LogP contribution in [0, 0.1) is 0 Å². The van der Waals surface area contributed by atoms with Gasteiger partial charge in [0.25, 0.3) is 0 Å². The highest BCUT2D eigenvalue weighted by Crippen LogP contribution is 2.28. The van der Waals surface area contributed by atoms with Crippen LogP contribution in [0.3, 0.4) is 0 Å². The topological polar surface area (TPSA) is 97.2 Å². The van der Waals surface area contributed by atoms with Crippen LogP contribution in [0.25, 0.3) is 0 Å². The smallest absolute Gasteiger partial charge is 0.222 e. The quantitative estimate of drug-likeness (QED) is 0.878. The molecule has 0 unspecified atom stereocenters. The Morgan fingerprint density at radius 1 is 1.04 bits per heavy atom. The summed E-state index contributed by atoms with van der Waals surface area (Å²) in [5, 5.41) is 0. The lowest BCUT2D eigenvalue weighted by Crippen LogP contribution is -2.47. The normalized spacial score (nSPS) is 15.0. The number of piperazine rings is 1. The second-order valence-electron chi connectivity index (χ2n) is 5.67. The fourth-order valence-electron chi connectivity index (χ4n) is 3.00. The SMILES string of the molecule is CCCc1nc(N)nc(N)c1N1CCN(c2ccccn2)CC1. The summed E-state index contributed by atoms with van der Waals surface area (Å²) < 4.78 is 0. The van der Waals surface area contributed by atoms with Crippen molar-refractivity contribution >= 4 is 23.3 Å². The van der Waals surface area contributed by atoms with E-state index in [0.29, 0.717) is 5.82 Å². The molecule has 23 heavy (non-hydrogen) atoms. The number of aromatic nitrogens is 3. The first-order valence-electron chi connectivity index (χ1n) is 8.02. The molecule has 1 aliphatic heterocycles. The number of aryl methyl sites for hydroxylation is 1. The molecule has 0 spiro atoms. The van der Waals surface area contributed by atoms with Crippen LogP contribution in [0.15, 0.2) is 24.4 Å². The van der Waals surface area contributed by atoms with Crippen molar-refractivity contribution in [1.82, 2.24) is 15.0 Å². The van der Waals surface area contributed by atoms with E-state index in [1.54, 1.807) is 0 Å². The Hall–Kier alpha value is -2.57. The number of rotatable bonds is 4. The van der Waals surface area contributed by atoms with Crippen LogP contribution >= 0.6 is 0 Å². The zero-order chi connectivity index (χ0) is 16.2. The molecular formula is C16H23N7. The van der Waals surface area contributed by atoms with E-state index in [-0.39, 0.29) is 5.95 Å². The van der Waals surface area contributed by atoms with Crippen LogP contribution < -0.4 is 21.3 Å². The first-order valence-corrected chi connectivity index (χ1v) is 8.02. The monoisotopic (exact) mass is 313 g/mol. The van der Waals surface area contributed by atoms with E-state index in [1.165, 1.54) is 0 Å². The number of nitrogen functional groups attached to an aromatic ring is 2. The molecule has 0 radical (unpaired) electrons. The van der Waals surface area contributed by atoms with Crippen molar-refractivity contribution in [3.05, 3.63) is 30.1 Å². The van der Waals surface area contributed by atoms with Crippen molar-refractivity contribution in [1.29, 1.82) is 0 Å². The van der Waals surface area contributed by atoms with Crippen molar-refractivity contribution in [2.45, 2.75) is 19.8 Å². The second-order valence-corrected chi connectivity index (χ2v) is 5.67. The van der Waals surface area contributed by atoms with Crippen LogP contribution in [-0.4, -0.2) is 41.1 Å². The van der Waals surface area contributed by atoms with Gasteiger partial charge in [0, 0.05) is 32.4 Å². The summed E-state index contributed by atoms with van der Waals surface area (Å²) in [6.07, 6.45) is 3.68. The molecule has 2 aromatic heterocycles. The maximum absolute atomic E-state index is 6.13. The molecule has 3 rings (SSSR count). The predicted octanol–water partition coefficient (Wildman–Crippen LogP) is 1.32. The minimum atomic E-state index is 0.252. The average molecular weight is 313 g/mol. The summed E-state index contributed by atoms with van der Waals surface area (Å²) >= 11 is 0. The van der Waals surface area contributed by atoms with Gasteiger partial charge in [0.05, 0.1) is 5.69 Å². The third kappa shape index (κ3) is 3.28. The Balaban J connectivity index is 1.77. The van der Waals surface area contributed by atoms with Gasteiger partial charge < -0.3 is 21.3 Å². The molecule has 0 amide bonds. The van der Waals surface area contributed by atoms with Gasteiger partial charge in [-0.2, -0.15) is 4.98 Å². The van der Waals surface area contributed by atoms with E-state index in [4.69, 9.17) is 11.5 Å². The van der Waals surface area contributed by atoms with Crippen LogP contribution in [0.2, 0.25) is 0 Å². The highest BCUT2D eigenvalue weighted by Gasteiger charge is 2.23. The average Bonchev–Trinajstić information content (AvgIpc) is 2.56. The summed E-state index contributed by atoms with van der Waals surface area (Å²) in [7, 11) is 0. The molecule has 1 aliphatic rings. The zero-order valence-corrected chi connectivity index (χ0v) is 13.4. The van der Waals surface area contributed by atoms with Gasteiger partial charge in [0.1, 0.15) is 11.5 Å². The maximum atomic E-state index is 6.13. The molecule has 7 nitrogen and oxygen atoms in total. The standard InChI is InChI=1S/C16H23N7/c1-2-5-12-14(15(17)21-16(18)20-12)23-10-8-22(9-11-23)13-6-3-4-7-19-13/h3-4,6-7H,2,5,8-11H2,1H3,(H4,17,18,20,21). The fraction of sp³-hybridized carbons (Fsp3) is 0.438. The number of pyridine rings is 1. The lowest BCUT2D eigenvalue weighted by molar-refractivity contribution is 0.642. The van der Waals surface area contributed by atoms with Crippen LogP contribution in [-0.2, 0) is 6.42 Å². The Bertz CT molecular complexity index is 651. The van der Waals surface area contributed by atoms with Gasteiger partial charge in [-0.1, -0.05) is 19.4 Å². The summed E-state index contributed by atoms with van der Waals surface area (Å²) in [6, 6.07) is 5.99. The third-order valence-electron chi connectivity index (χ3n) is 4.06. The van der Waals surface area contributed by atoms with Crippen molar-refractivity contribution in [2.24, 2.45) is 0 Å². The van der Waals surface area contributed by atoms with Gasteiger partial charge in [0.2, 0.25) is 5.95 Å². The highest BCUT2D eigenvalue weighted by molar-refractivity contribution is 5.68. The summed E-state index contributed by atoms with van der Waals surface area (Å²) in [4.78, 5) is 17.5. The maximum Gasteiger partial charge on any atom is 0.222 e. The number of nitrogens with two attached hydrogens (primary N) is 2. The van der Waals surface area contributed by atoms with Gasteiger partial charge in [0.15, 0.2) is 5.82 Å². The molecule has 0 saturated carbocycles. The minimum Gasteiger partial charge on any atom is -0.382 e. The molecule has 122 valence electrons. The molecule has 1 fully saturated rings. The van der Waals surface area contributed by atoms with E-state index < -0.39 is 0 Å². The van der Waals surface area contributed by atoms with Crippen molar-refractivity contribution in [2.75, 3.05) is 47.4 Å². The number of anilines is 4. The number of nitrogens with zero attached hydrogens (tertiary/aromatic N) is 5. The van der Waals surface area contributed by atoms with Crippen LogP contribution in [0.5, 0.6) is 0 Å². The number of hydrogen-bond donors (Lipinski definition) is 2. The van der Waals surface area contributed by atoms with Crippen LogP contribution in [0.1, 0.15) is 19.0 Å². The predicted molar refractivity (Wildman–Crippen MR) is 93.5 cm³/mol. The zero-order valence-electron chi connectivity index (χ0n) is 13.4. The largest absolute Gasteiger partial charge is 0.382 e. The van der Waals surface area contributed by atoms with E-state index in [9.17, 15) is 0 Å². The molecule has 4 N–H and O–H groups in total. The fourth-order valence-corrected chi connectivity index (χ4v) is 3.00. The summed E-state index contributed by atoms with van der Waals surface area (Å²) in [6.45, 7) is 5.64. The molecular weight excluding hydrogens is 290 g/mol. The van der Waals surface area contributed by atoms with E-state index in [1.807, 2.05) is 24.4 Å². The van der Waals surface area contributed by atoms with Gasteiger partial charge in [-0.15, -0.1) is 0 Å². The third-order valence-corrected chi connectivity index (χ3v) is 4.06. The van der Waals surface area contributed by atoms with E-state index >= 15 is 0 Å². The van der Waals surface area contributed by atoms with Crippen LogP contribution in [0.4, 0.5) is 23.3 Å². The Labute approximate surface area is 136 Å². The summed E-state index contributed by atoms with van der Waals surface area (Å²) in [5.74, 6) is 1.75. The van der Waals surface area contributed by atoms with Crippen molar-refractivity contribution < 1.29 is 0 Å². The Kier molecular flexibility index (Phi) is 4.45. The van der Waals surface area contributed by atoms with Gasteiger partial charge in [-0.3, -0.25) is 0 Å². The molecule has 7 heteroatoms. The first-order chi connectivity index (χ1) is 11.2. The van der Waals surface area contributed by atoms with Gasteiger partial charge >= 0.3 is 0 Å². The molecule has 0 bridgehead atoms. The summed E-state index contributed by atoms with van der Waals surface area (Å²) in [5.41, 5.74) is 13.8. The molecule has 1 saturated heterocycles. The Morgan fingerprint density at radius 2 is 1.78 bits per heavy atom. The molecule has 0 aromatic carbocycles. The molecule has 0 atom stereocenters. The van der Waals surface area contributed by atoms with Gasteiger partial charge in [-0.25, -0.2) is 9.97 Å². The van der Waals surface area contributed by atoms with E-state index in [0.717, 1.165) is 56.2 Å². The number of hydrogen-bond acceptors (Lipinski definition) is 7.